The van der Waals surface area contributed by atoms with Crippen LogP contribution in [0.15, 0.2) is 36.4 Å². The summed E-state index contributed by atoms with van der Waals surface area (Å²) in [6.07, 6.45) is 8.37. The topological polar surface area (TPSA) is 20.3 Å². The molecule has 2 rings (SSSR count). The number of hydrogen-bond acceptors (Lipinski definition) is 1. The smallest absolute Gasteiger partial charge is 0.246 e. The van der Waals surface area contributed by atoms with Gasteiger partial charge in [-0.2, -0.15) is 0 Å². The number of carbonyl (C=O) groups is 1. The van der Waals surface area contributed by atoms with Crippen LogP contribution in [-0.4, -0.2) is 23.9 Å². The molecule has 1 amide bonds. The summed E-state index contributed by atoms with van der Waals surface area (Å²) >= 11 is 0. The summed E-state index contributed by atoms with van der Waals surface area (Å²) in [6.45, 7) is 0. The first kappa shape index (κ1) is 11.9. The van der Waals surface area contributed by atoms with Gasteiger partial charge in [0, 0.05) is 19.2 Å². The van der Waals surface area contributed by atoms with Crippen LogP contribution < -0.4 is 0 Å². The van der Waals surface area contributed by atoms with Gasteiger partial charge >= 0.3 is 0 Å². The maximum atomic E-state index is 11.9. The van der Waals surface area contributed by atoms with E-state index in [0.717, 1.165) is 18.4 Å². The van der Waals surface area contributed by atoms with E-state index in [0.29, 0.717) is 6.04 Å². The molecule has 0 unspecified atom stereocenters. The highest BCUT2D eigenvalue weighted by molar-refractivity contribution is 5.91. The predicted octanol–water partition coefficient (Wildman–Crippen LogP) is 3.10. The van der Waals surface area contributed by atoms with Crippen LogP contribution in [0, 0.1) is 0 Å². The fraction of sp³-hybridized carbons (Fsp3) is 0.400. The fourth-order valence-electron chi connectivity index (χ4n) is 2.32. The van der Waals surface area contributed by atoms with Gasteiger partial charge in [0.2, 0.25) is 5.91 Å². The Morgan fingerprint density at radius 3 is 2.53 bits per heavy atom. The van der Waals surface area contributed by atoms with E-state index in [1.165, 1.54) is 12.8 Å². The maximum absolute atomic E-state index is 11.9. The van der Waals surface area contributed by atoms with E-state index in [1.807, 2.05) is 48.4 Å². The first-order valence-corrected chi connectivity index (χ1v) is 6.27. The number of benzene rings is 1. The van der Waals surface area contributed by atoms with Gasteiger partial charge in [-0.25, -0.2) is 0 Å². The van der Waals surface area contributed by atoms with Crippen molar-refractivity contribution >= 4 is 12.0 Å². The predicted molar refractivity (Wildman–Crippen MR) is 70.5 cm³/mol. The van der Waals surface area contributed by atoms with E-state index in [1.54, 1.807) is 6.08 Å². The first-order valence-electron chi connectivity index (χ1n) is 6.27. The lowest BCUT2D eigenvalue weighted by Gasteiger charge is -2.22. The summed E-state index contributed by atoms with van der Waals surface area (Å²) < 4.78 is 0. The van der Waals surface area contributed by atoms with Crippen molar-refractivity contribution in [1.82, 2.24) is 4.90 Å². The van der Waals surface area contributed by atoms with Gasteiger partial charge in [-0.15, -0.1) is 0 Å². The standard InChI is InChI=1S/C15H19NO/c1-16(14-9-5-6-10-14)15(17)12-11-13-7-3-2-4-8-13/h2-4,7-8,11-12,14H,5-6,9-10H2,1H3/b12-11+. The summed E-state index contributed by atoms with van der Waals surface area (Å²) in [5.74, 6) is 0.112. The molecule has 2 nitrogen and oxygen atoms in total. The van der Waals surface area contributed by atoms with Crippen molar-refractivity contribution in [2.24, 2.45) is 0 Å². The molecule has 0 radical (unpaired) electrons. The van der Waals surface area contributed by atoms with E-state index in [2.05, 4.69) is 0 Å². The fourth-order valence-corrected chi connectivity index (χ4v) is 2.32. The third kappa shape index (κ3) is 3.19. The molecule has 0 aromatic heterocycles. The van der Waals surface area contributed by atoms with E-state index >= 15 is 0 Å². The normalized spacial score (nSPS) is 16.5. The average molecular weight is 229 g/mol. The molecule has 1 fully saturated rings. The number of likely N-dealkylation sites (N-methyl/N-ethyl adjacent to an activating group) is 1. The van der Waals surface area contributed by atoms with Crippen LogP contribution in [0.1, 0.15) is 31.2 Å². The molecule has 1 aliphatic carbocycles. The van der Waals surface area contributed by atoms with E-state index in [4.69, 9.17) is 0 Å². The summed E-state index contributed by atoms with van der Waals surface area (Å²) in [5, 5.41) is 0. The van der Waals surface area contributed by atoms with Gasteiger partial charge in [0.25, 0.3) is 0 Å². The van der Waals surface area contributed by atoms with Crippen LogP contribution in [0.3, 0.4) is 0 Å². The zero-order chi connectivity index (χ0) is 12.1. The summed E-state index contributed by atoms with van der Waals surface area (Å²) in [7, 11) is 1.91. The minimum Gasteiger partial charge on any atom is -0.339 e. The molecule has 2 heteroatoms. The molecule has 0 saturated heterocycles. The maximum Gasteiger partial charge on any atom is 0.246 e. The van der Waals surface area contributed by atoms with Crippen LogP contribution in [0.2, 0.25) is 0 Å². The highest BCUT2D eigenvalue weighted by Gasteiger charge is 2.21. The van der Waals surface area contributed by atoms with Crippen molar-refractivity contribution in [3.63, 3.8) is 0 Å². The lowest BCUT2D eigenvalue weighted by molar-refractivity contribution is -0.126. The van der Waals surface area contributed by atoms with Crippen molar-refractivity contribution in [2.45, 2.75) is 31.7 Å². The third-order valence-corrected chi connectivity index (χ3v) is 3.44. The SMILES string of the molecule is CN(C(=O)/C=C/c1ccccc1)C1CCCC1. The molecule has 17 heavy (non-hydrogen) atoms. The highest BCUT2D eigenvalue weighted by Crippen LogP contribution is 2.22. The Balaban J connectivity index is 1.94. The molecule has 1 aromatic rings. The molecular weight excluding hydrogens is 210 g/mol. The van der Waals surface area contributed by atoms with E-state index in [9.17, 15) is 4.79 Å². The molecular formula is C15H19NO. The molecule has 1 aromatic carbocycles. The summed E-state index contributed by atoms with van der Waals surface area (Å²) in [5.41, 5.74) is 1.07. The Hall–Kier alpha value is -1.57. The highest BCUT2D eigenvalue weighted by atomic mass is 16.2. The second kappa shape index (κ2) is 5.67. The Labute approximate surface area is 103 Å². The molecule has 0 bridgehead atoms. The molecule has 0 spiro atoms. The Morgan fingerprint density at radius 2 is 1.88 bits per heavy atom. The van der Waals surface area contributed by atoms with Crippen molar-refractivity contribution in [3.8, 4) is 0 Å². The van der Waals surface area contributed by atoms with E-state index in [-0.39, 0.29) is 5.91 Å². The van der Waals surface area contributed by atoms with Crippen molar-refractivity contribution in [2.75, 3.05) is 7.05 Å². The van der Waals surface area contributed by atoms with Gasteiger partial charge < -0.3 is 4.90 Å². The van der Waals surface area contributed by atoms with Crippen molar-refractivity contribution in [3.05, 3.63) is 42.0 Å². The van der Waals surface area contributed by atoms with Crippen molar-refractivity contribution in [1.29, 1.82) is 0 Å². The van der Waals surface area contributed by atoms with Gasteiger partial charge in [0.1, 0.15) is 0 Å². The number of rotatable bonds is 3. The number of carbonyl (C=O) groups excluding carboxylic acids is 1. The Morgan fingerprint density at radius 1 is 1.24 bits per heavy atom. The van der Waals surface area contributed by atoms with Gasteiger partial charge in [0.15, 0.2) is 0 Å². The quantitative estimate of drug-likeness (QED) is 0.729. The first-order chi connectivity index (χ1) is 8.27. The molecule has 90 valence electrons. The second-order valence-electron chi connectivity index (χ2n) is 4.63. The Bertz CT molecular complexity index is 391. The van der Waals surface area contributed by atoms with Crippen LogP contribution in [0.25, 0.3) is 6.08 Å². The number of hydrogen-bond donors (Lipinski definition) is 0. The second-order valence-corrected chi connectivity index (χ2v) is 4.63. The molecule has 1 saturated carbocycles. The molecule has 0 heterocycles. The minimum absolute atomic E-state index is 0.112. The summed E-state index contributed by atoms with van der Waals surface area (Å²) in [6, 6.07) is 10.4. The monoisotopic (exact) mass is 229 g/mol. The van der Waals surface area contributed by atoms with Crippen LogP contribution >= 0.6 is 0 Å². The van der Waals surface area contributed by atoms with Gasteiger partial charge in [-0.3, -0.25) is 4.79 Å². The number of nitrogens with zero attached hydrogens (tertiary/aromatic N) is 1. The largest absolute Gasteiger partial charge is 0.339 e. The molecule has 0 N–H and O–H groups in total. The summed E-state index contributed by atoms with van der Waals surface area (Å²) in [4.78, 5) is 13.8. The van der Waals surface area contributed by atoms with E-state index < -0.39 is 0 Å². The number of amides is 1. The third-order valence-electron chi connectivity index (χ3n) is 3.44. The molecule has 1 aliphatic rings. The zero-order valence-corrected chi connectivity index (χ0v) is 10.3. The van der Waals surface area contributed by atoms with Gasteiger partial charge in [0.05, 0.1) is 0 Å². The van der Waals surface area contributed by atoms with Gasteiger partial charge in [-0.1, -0.05) is 43.2 Å². The molecule has 0 atom stereocenters. The van der Waals surface area contributed by atoms with Crippen LogP contribution in [0.5, 0.6) is 0 Å². The Kier molecular flexibility index (Phi) is 3.97. The minimum atomic E-state index is 0.112. The average Bonchev–Trinajstić information content (AvgIpc) is 2.90. The molecule has 0 aliphatic heterocycles. The van der Waals surface area contributed by atoms with Crippen LogP contribution in [0.4, 0.5) is 0 Å². The van der Waals surface area contributed by atoms with Crippen LogP contribution in [-0.2, 0) is 4.79 Å². The van der Waals surface area contributed by atoms with Crippen molar-refractivity contribution < 1.29 is 4.79 Å². The lowest BCUT2D eigenvalue weighted by atomic mass is 10.2. The lowest BCUT2D eigenvalue weighted by Crippen LogP contribution is -2.33. The van der Waals surface area contributed by atoms with Gasteiger partial charge in [-0.05, 0) is 24.5 Å². The zero-order valence-electron chi connectivity index (χ0n) is 10.3.